The van der Waals surface area contributed by atoms with Crippen LogP contribution in [-0.4, -0.2) is 112 Å². The number of nitrogens with one attached hydrogen (secondary N) is 2. The Labute approximate surface area is 406 Å². The third-order valence-electron chi connectivity index (χ3n) is 15.0. The lowest BCUT2D eigenvalue weighted by Crippen LogP contribution is -2.62. The van der Waals surface area contributed by atoms with E-state index in [1.807, 2.05) is 32.0 Å². The number of rotatable bonds is 9. The van der Waals surface area contributed by atoms with Crippen LogP contribution in [0.3, 0.4) is 0 Å². The van der Waals surface area contributed by atoms with Gasteiger partial charge in [0.2, 0.25) is 11.8 Å². The number of likely N-dealkylation sites (N-methyl/N-ethyl adjacent to an activating group) is 1. The maximum absolute atomic E-state index is 15.0. The van der Waals surface area contributed by atoms with Gasteiger partial charge in [-0.1, -0.05) is 69.9 Å². The molecule has 4 amide bonds. The van der Waals surface area contributed by atoms with Crippen molar-refractivity contribution in [3.05, 3.63) is 77.6 Å². The number of hydrogen-bond donors (Lipinski definition) is 2. The Bertz CT molecular complexity index is 2660. The van der Waals surface area contributed by atoms with Gasteiger partial charge in [-0.3, -0.25) is 34.0 Å². The number of carbonyl (C=O) groups excluding carboxylic acids is 5. The molecule has 0 radical (unpaired) electrons. The fraction of sp³-hybridized carbons (Fsp3) is 0.527. The molecule has 2 saturated heterocycles. The van der Waals surface area contributed by atoms with E-state index in [0.29, 0.717) is 38.9 Å². The first-order valence-electron chi connectivity index (χ1n) is 24.9. The lowest BCUT2D eigenvalue weighted by atomic mass is 9.84. The summed E-state index contributed by atoms with van der Waals surface area (Å²) in [5, 5.41) is 5.72. The van der Waals surface area contributed by atoms with Crippen LogP contribution in [0.15, 0.2) is 60.8 Å². The summed E-state index contributed by atoms with van der Waals surface area (Å²) in [5.74, 6) is 2.81. The van der Waals surface area contributed by atoms with E-state index in [1.165, 1.54) is 5.01 Å². The largest absolute Gasteiger partial charge is 0.464 e. The highest BCUT2D eigenvalue weighted by atomic mass is 16.5. The third-order valence-corrected chi connectivity index (χ3v) is 15.0. The Morgan fingerprint density at radius 2 is 1.80 bits per heavy atom. The number of ether oxygens (including phenoxy) is 2. The number of amides is 4. The average Bonchev–Trinajstić information content (AvgIpc) is 4.10. The number of pyridine rings is 1. The van der Waals surface area contributed by atoms with Crippen LogP contribution >= 0.6 is 0 Å². The zero-order valence-electron chi connectivity index (χ0n) is 41.6. The molecule has 2 N–H and O–H groups in total. The van der Waals surface area contributed by atoms with E-state index >= 15 is 0 Å². The minimum Gasteiger partial charge on any atom is -0.464 e. The molecule has 5 heterocycles. The van der Waals surface area contributed by atoms with Crippen molar-refractivity contribution >= 4 is 40.5 Å². The first-order valence-corrected chi connectivity index (χ1v) is 24.9. The van der Waals surface area contributed by atoms with E-state index in [4.69, 9.17) is 14.5 Å². The van der Waals surface area contributed by atoms with Gasteiger partial charge in [-0.15, -0.1) is 0 Å². The molecule has 0 spiro atoms. The third kappa shape index (κ3) is 10.3. The summed E-state index contributed by atoms with van der Waals surface area (Å²) in [6.45, 7) is 13.8. The van der Waals surface area contributed by atoms with Crippen molar-refractivity contribution in [2.24, 2.45) is 23.2 Å². The molecule has 366 valence electrons. The summed E-state index contributed by atoms with van der Waals surface area (Å²) in [7, 11) is 3.38. The van der Waals surface area contributed by atoms with Gasteiger partial charge in [-0.05, 0) is 117 Å². The van der Waals surface area contributed by atoms with Crippen molar-refractivity contribution in [1.82, 2.24) is 35.1 Å². The van der Waals surface area contributed by atoms with Gasteiger partial charge in [0.05, 0.1) is 30.0 Å². The molecule has 2 aromatic heterocycles. The highest BCUT2D eigenvalue weighted by Gasteiger charge is 2.44. The van der Waals surface area contributed by atoms with Gasteiger partial charge in [-0.25, -0.2) is 5.43 Å². The minimum atomic E-state index is -1.04. The van der Waals surface area contributed by atoms with Gasteiger partial charge in [0.25, 0.3) is 11.8 Å². The Morgan fingerprint density at radius 1 is 1.03 bits per heavy atom. The van der Waals surface area contributed by atoms with Crippen LogP contribution in [-0.2, 0) is 52.8 Å². The Kier molecular flexibility index (Phi) is 15.0. The van der Waals surface area contributed by atoms with Crippen LogP contribution in [0.2, 0.25) is 0 Å². The zero-order chi connectivity index (χ0) is 49.1. The molecule has 4 aromatic rings. The fourth-order valence-corrected chi connectivity index (χ4v) is 11.3. The molecule has 69 heavy (non-hydrogen) atoms. The summed E-state index contributed by atoms with van der Waals surface area (Å²) in [6.07, 6.45) is 6.74. The minimum absolute atomic E-state index is 0.107. The first-order chi connectivity index (χ1) is 33.1. The molecule has 0 unspecified atom stereocenters. The maximum Gasteiger partial charge on any atom is 0.324 e. The molecule has 6 bridgehead atoms. The van der Waals surface area contributed by atoms with Crippen molar-refractivity contribution < 1.29 is 33.4 Å². The summed E-state index contributed by atoms with van der Waals surface area (Å²) in [5.41, 5.74) is 10.6. The van der Waals surface area contributed by atoms with Crippen LogP contribution < -0.4 is 10.7 Å². The van der Waals surface area contributed by atoms with E-state index < -0.39 is 41.3 Å². The van der Waals surface area contributed by atoms with Crippen LogP contribution in [0.25, 0.3) is 33.3 Å². The number of carbonyl (C=O) groups is 5. The van der Waals surface area contributed by atoms with Crippen LogP contribution in [0.5, 0.6) is 0 Å². The van der Waals surface area contributed by atoms with E-state index in [-0.39, 0.29) is 55.2 Å². The summed E-state index contributed by atoms with van der Waals surface area (Å²) >= 11 is 0. The normalized spacial score (nSPS) is 22.8. The molecule has 1 saturated carbocycles. The number of hydrogen-bond acceptors (Lipinski definition) is 9. The topological polar surface area (TPSA) is 155 Å². The van der Waals surface area contributed by atoms with Crippen LogP contribution in [0, 0.1) is 35.0 Å². The standard InChI is InChI=1S/C55H69N7O7/c1-9-16-47(63)60-31-34(3)43(32-60)52(65)59(7)49(37-18-11-12-19-37)51(64)57-45-28-36-17-13-20-38(27-36)39-23-24-46-41(29-39)42(50(61(46)10-2)40-21-14-25-56-48(40)35(4)68-8)30-55(5,6)33-69-54(67)44-22-15-26-62(58-44)53(45)66/h13-14,17,20-21,23-25,27,29,34-35,37,43-45,49,58H,10-12,15,18-19,22,26,28,30-33H2,1-8H3,(H,57,64)/t34-,35-,43+,44-,45-,49-/m0/s1. The number of likely N-dealkylation sites (tertiary alicyclic amines) is 1. The number of fused-ring (bicyclic) bond motifs is 6. The number of benzene rings is 2. The average molecular weight is 940 g/mol. The van der Waals surface area contributed by atoms with E-state index in [0.717, 1.165) is 75.8 Å². The summed E-state index contributed by atoms with van der Waals surface area (Å²) < 4.78 is 14.3. The Balaban J connectivity index is 1.18. The summed E-state index contributed by atoms with van der Waals surface area (Å²) in [4.78, 5) is 79.0. The molecule has 6 atom stereocenters. The molecular weight excluding hydrogens is 871 g/mol. The molecule has 8 rings (SSSR count). The van der Waals surface area contributed by atoms with Crippen molar-refractivity contribution in [2.75, 3.05) is 40.4 Å². The van der Waals surface area contributed by atoms with Crippen molar-refractivity contribution in [2.45, 2.75) is 124 Å². The number of nitrogens with zero attached hydrogens (tertiary/aromatic N) is 5. The van der Waals surface area contributed by atoms with E-state index in [2.05, 4.69) is 84.3 Å². The fourth-order valence-electron chi connectivity index (χ4n) is 11.3. The maximum atomic E-state index is 15.0. The van der Waals surface area contributed by atoms with Crippen molar-refractivity contribution in [1.29, 1.82) is 0 Å². The van der Waals surface area contributed by atoms with E-state index in [9.17, 15) is 24.0 Å². The second-order valence-corrected chi connectivity index (χ2v) is 20.5. The zero-order valence-corrected chi connectivity index (χ0v) is 41.6. The van der Waals surface area contributed by atoms with Gasteiger partial charge in [0.1, 0.15) is 18.1 Å². The molecule has 1 aliphatic carbocycles. The van der Waals surface area contributed by atoms with Crippen LogP contribution in [0.1, 0.15) is 103 Å². The van der Waals surface area contributed by atoms with Crippen LogP contribution in [0.4, 0.5) is 0 Å². The number of hydrazine groups is 1. The molecule has 4 aliphatic rings. The quantitative estimate of drug-likeness (QED) is 0.135. The van der Waals surface area contributed by atoms with Gasteiger partial charge in [-0.2, -0.15) is 0 Å². The van der Waals surface area contributed by atoms with Gasteiger partial charge in [0.15, 0.2) is 0 Å². The highest BCUT2D eigenvalue weighted by molar-refractivity contribution is 5.97. The summed E-state index contributed by atoms with van der Waals surface area (Å²) in [6, 6.07) is 16.1. The van der Waals surface area contributed by atoms with Crippen molar-refractivity contribution in [3.8, 4) is 34.2 Å². The predicted octanol–water partition coefficient (Wildman–Crippen LogP) is 6.88. The molecule has 14 heteroatoms. The first kappa shape index (κ1) is 49.4. The predicted molar refractivity (Wildman–Crippen MR) is 265 cm³/mol. The smallest absolute Gasteiger partial charge is 0.324 e. The number of aromatic nitrogens is 2. The Morgan fingerprint density at radius 3 is 2.54 bits per heavy atom. The van der Waals surface area contributed by atoms with E-state index in [1.54, 1.807) is 37.1 Å². The molecular formula is C55H69N7O7. The highest BCUT2D eigenvalue weighted by Crippen LogP contribution is 2.42. The molecule has 3 aliphatic heterocycles. The molecule has 3 fully saturated rings. The molecule has 14 nitrogen and oxygen atoms in total. The van der Waals surface area contributed by atoms with Gasteiger partial charge in [0, 0.05) is 74.8 Å². The lowest BCUT2D eigenvalue weighted by Gasteiger charge is -2.37. The Hall–Kier alpha value is -6.04. The lowest BCUT2D eigenvalue weighted by molar-refractivity contribution is -0.155. The van der Waals surface area contributed by atoms with Gasteiger partial charge < -0.3 is 29.2 Å². The number of methoxy groups -OCH3 is 1. The number of esters is 1. The SMILES string of the molecule is CC#CC(=O)N1C[C@H](C)[C@H](C(=O)N(C)[C@H](C(=O)N[C@H]2Cc3cccc(c3)-c3ccc4c(c3)c(c(-c3cccnc3[C@H](C)OC)n4CC)CC(C)(C)COC(=O)[C@@H]3CCCN(N3)C2=O)C2CCCC2)C1. The van der Waals surface area contributed by atoms with Gasteiger partial charge >= 0.3 is 5.97 Å². The number of cyclic esters (lactones) is 1. The second kappa shape index (κ2) is 20.9. The second-order valence-electron chi connectivity index (χ2n) is 20.5. The number of aryl methyl sites for hydroxylation is 1. The monoisotopic (exact) mass is 940 g/mol. The van der Waals surface area contributed by atoms with Crippen molar-refractivity contribution in [3.63, 3.8) is 0 Å². The molecule has 2 aromatic carbocycles.